The van der Waals surface area contributed by atoms with Crippen molar-refractivity contribution in [2.24, 2.45) is 0 Å². The minimum Gasteiger partial charge on any atom is -0.398 e. The van der Waals surface area contributed by atoms with Gasteiger partial charge in [0.15, 0.2) is 0 Å². The minimum absolute atomic E-state index is 0.757. The summed E-state index contributed by atoms with van der Waals surface area (Å²) < 4.78 is 0. The fourth-order valence-corrected chi connectivity index (χ4v) is 2.39. The number of anilines is 2. The molecule has 3 rings (SSSR count). The Labute approximate surface area is 124 Å². The van der Waals surface area contributed by atoms with Crippen LogP contribution in [-0.4, -0.2) is 16.5 Å². The van der Waals surface area contributed by atoms with E-state index in [1.165, 1.54) is 0 Å². The molecule has 0 bridgehead atoms. The van der Waals surface area contributed by atoms with E-state index in [2.05, 4.69) is 21.4 Å². The summed E-state index contributed by atoms with van der Waals surface area (Å²) >= 11 is 0. The third kappa shape index (κ3) is 2.94. The molecule has 0 atom stereocenters. The van der Waals surface area contributed by atoms with E-state index < -0.39 is 0 Å². The maximum absolute atomic E-state index is 6.02. The molecule has 0 aliphatic rings. The predicted molar refractivity (Wildman–Crippen MR) is 87.3 cm³/mol. The second-order valence-corrected chi connectivity index (χ2v) is 5.07. The lowest BCUT2D eigenvalue weighted by molar-refractivity contribution is 0.963. The number of hydrogen-bond acceptors (Lipinski definition) is 4. The smallest absolute Gasteiger partial charge is 0.0422 e. The highest BCUT2D eigenvalue weighted by Gasteiger charge is 2.05. The molecule has 0 unspecified atom stereocenters. The third-order valence-electron chi connectivity index (χ3n) is 3.49. The van der Waals surface area contributed by atoms with Gasteiger partial charge in [0.2, 0.25) is 0 Å². The summed E-state index contributed by atoms with van der Waals surface area (Å²) in [5, 5.41) is 5.57. The summed E-state index contributed by atoms with van der Waals surface area (Å²) in [5.74, 6) is 0. The van der Waals surface area contributed by atoms with Crippen molar-refractivity contribution in [2.45, 2.75) is 13.3 Å². The predicted octanol–water partition coefficient (Wildman–Crippen LogP) is 3.18. The van der Waals surface area contributed by atoms with Gasteiger partial charge in [-0.2, -0.15) is 0 Å². The Hall–Kier alpha value is -2.62. The number of rotatable bonds is 4. The van der Waals surface area contributed by atoms with Crippen molar-refractivity contribution in [1.82, 2.24) is 9.97 Å². The van der Waals surface area contributed by atoms with Crippen LogP contribution in [0.15, 0.2) is 48.8 Å². The zero-order chi connectivity index (χ0) is 14.7. The van der Waals surface area contributed by atoms with Crippen LogP contribution in [-0.2, 0) is 6.42 Å². The van der Waals surface area contributed by atoms with Crippen LogP contribution in [0.4, 0.5) is 11.4 Å². The molecule has 0 amide bonds. The van der Waals surface area contributed by atoms with Crippen LogP contribution in [0.5, 0.6) is 0 Å². The second kappa shape index (κ2) is 5.79. The molecule has 1 aromatic carbocycles. The first-order valence-electron chi connectivity index (χ1n) is 7.02. The molecule has 2 aromatic heterocycles. The summed E-state index contributed by atoms with van der Waals surface area (Å²) in [6, 6.07) is 12.0. The Kier molecular flexibility index (Phi) is 3.69. The summed E-state index contributed by atoms with van der Waals surface area (Å²) in [6.07, 6.45) is 4.55. The van der Waals surface area contributed by atoms with Crippen LogP contribution in [0, 0.1) is 6.92 Å². The number of nitrogens with zero attached hydrogens (tertiary/aromatic N) is 2. The fraction of sp³-hybridized carbons (Fsp3) is 0.176. The molecule has 0 saturated carbocycles. The summed E-state index contributed by atoms with van der Waals surface area (Å²) in [5.41, 5.74) is 9.93. The molecule has 3 N–H and O–H groups in total. The molecular weight excluding hydrogens is 260 g/mol. The molecule has 4 heteroatoms. The average molecular weight is 278 g/mol. The standard InChI is InChI=1S/C17H18N4/c1-12-10-14-15(11-21-12)16(18)5-6-17(14)20-9-7-13-4-2-3-8-19-13/h2-6,8,10-11,20H,7,9,18H2,1H3. The first-order valence-corrected chi connectivity index (χ1v) is 7.02. The fourth-order valence-electron chi connectivity index (χ4n) is 2.39. The molecule has 0 fully saturated rings. The van der Waals surface area contributed by atoms with Gasteiger partial charge in [-0.3, -0.25) is 9.97 Å². The molecule has 21 heavy (non-hydrogen) atoms. The van der Waals surface area contributed by atoms with E-state index in [9.17, 15) is 0 Å². The maximum Gasteiger partial charge on any atom is 0.0422 e. The summed E-state index contributed by atoms with van der Waals surface area (Å²) in [7, 11) is 0. The van der Waals surface area contributed by atoms with Crippen LogP contribution < -0.4 is 11.1 Å². The molecule has 0 aliphatic heterocycles. The van der Waals surface area contributed by atoms with E-state index in [0.29, 0.717) is 0 Å². The second-order valence-electron chi connectivity index (χ2n) is 5.07. The first-order chi connectivity index (χ1) is 10.2. The Morgan fingerprint density at radius 1 is 1.10 bits per heavy atom. The number of aryl methyl sites for hydroxylation is 1. The van der Waals surface area contributed by atoms with Gasteiger partial charge in [0, 0.05) is 58.9 Å². The lowest BCUT2D eigenvalue weighted by atomic mass is 10.1. The highest BCUT2D eigenvalue weighted by Crippen LogP contribution is 2.28. The monoisotopic (exact) mass is 278 g/mol. The number of hydrogen-bond donors (Lipinski definition) is 2. The van der Waals surface area contributed by atoms with Crippen molar-refractivity contribution < 1.29 is 0 Å². The van der Waals surface area contributed by atoms with Crippen LogP contribution in [0.25, 0.3) is 10.8 Å². The van der Waals surface area contributed by atoms with E-state index in [1.807, 2.05) is 49.6 Å². The lowest BCUT2D eigenvalue weighted by Crippen LogP contribution is -2.06. The number of pyridine rings is 2. The number of nitrogens with one attached hydrogen (secondary N) is 1. The molecule has 2 heterocycles. The van der Waals surface area contributed by atoms with Crippen LogP contribution in [0.1, 0.15) is 11.4 Å². The lowest BCUT2D eigenvalue weighted by Gasteiger charge is -2.11. The largest absolute Gasteiger partial charge is 0.398 e. The normalized spacial score (nSPS) is 10.7. The first kappa shape index (κ1) is 13.4. The van der Waals surface area contributed by atoms with E-state index in [0.717, 1.165) is 46.5 Å². The van der Waals surface area contributed by atoms with Gasteiger partial charge in [0.05, 0.1) is 0 Å². The van der Waals surface area contributed by atoms with Crippen molar-refractivity contribution in [3.05, 3.63) is 60.2 Å². The van der Waals surface area contributed by atoms with E-state index in [-0.39, 0.29) is 0 Å². The van der Waals surface area contributed by atoms with Crippen molar-refractivity contribution in [2.75, 3.05) is 17.6 Å². The SMILES string of the molecule is Cc1cc2c(NCCc3ccccn3)ccc(N)c2cn1. The van der Waals surface area contributed by atoms with Crippen molar-refractivity contribution in [3.8, 4) is 0 Å². The molecule has 0 radical (unpaired) electrons. The molecule has 0 saturated heterocycles. The maximum atomic E-state index is 6.02. The summed E-state index contributed by atoms with van der Waals surface area (Å²) in [4.78, 5) is 8.65. The van der Waals surface area contributed by atoms with Gasteiger partial charge in [-0.25, -0.2) is 0 Å². The van der Waals surface area contributed by atoms with Crippen LogP contribution in [0.3, 0.4) is 0 Å². The quantitative estimate of drug-likeness (QED) is 0.719. The third-order valence-corrected chi connectivity index (χ3v) is 3.49. The molecule has 0 aliphatic carbocycles. The number of aromatic nitrogens is 2. The minimum atomic E-state index is 0.757. The van der Waals surface area contributed by atoms with Crippen molar-refractivity contribution >= 4 is 22.1 Å². The van der Waals surface area contributed by atoms with E-state index in [4.69, 9.17) is 5.73 Å². The topological polar surface area (TPSA) is 63.8 Å². The Bertz CT molecular complexity index is 753. The molecule has 4 nitrogen and oxygen atoms in total. The van der Waals surface area contributed by atoms with Crippen LogP contribution in [0.2, 0.25) is 0 Å². The van der Waals surface area contributed by atoms with Gasteiger partial charge in [-0.05, 0) is 37.3 Å². The zero-order valence-corrected chi connectivity index (χ0v) is 12.0. The van der Waals surface area contributed by atoms with E-state index >= 15 is 0 Å². The number of nitrogens with two attached hydrogens (primary N) is 1. The van der Waals surface area contributed by atoms with Gasteiger partial charge >= 0.3 is 0 Å². The van der Waals surface area contributed by atoms with Gasteiger partial charge < -0.3 is 11.1 Å². The van der Waals surface area contributed by atoms with Gasteiger partial charge in [0.1, 0.15) is 0 Å². The van der Waals surface area contributed by atoms with Crippen molar-refractivity contribution in [1.29, 1.82) is 0 Å². The van der Waals surface area contributed by atoms with Gasteiger partial charge in [-0.15, -0.1) is 0 Å². The molecule has 0 spiro atoms. The zero-order valence-electron chi connectivity index (χ0n) is 12.0. The molecule has 3 aromatic rings. The van der Waals surface area contributed by atoms with E-state index in [1.54, 1.807) is 0 Å². The highest BCUT2D eigenvalue weighted by atomic mass is 14.9. The highest BCUT2D eigenvalue weighted by molar-refractivity contribution is 6.00. The molecular formula is C17H18N4. The van der Waals surface area contributed by atoms with Gasteiger partial charge in [0.25, 0.3) is 0 Å². The Morgan fingerprint density at radius 2 is 2.00 bits per heavy atom. The number of benzene rings is 1. The number of fused-ring (bicyclic) bond motifs is 1. The Balaban J connectivity index is 1.81. The number of nitrogen functional groups attached to an aromatic ring is 1. The average Bonchev–Trinajstić information content (AvgIpc) is 2.50. The molecule has 106 valence electrons. The van der Waals surface area contributed by atoms with Crippen LogP contribution >= 0.6 is 0 Å². The Morgan fingerprint density at radius 3 is 2.81 bits per heavy atom. The van der Waals surface area contributed by atoms with Gasteiger partial charge in [-0.1, -0.05) is 6.07 Å². The summed E-state index contributed by atoms with van der Waals surface area (Å²) in [6.45, 7) is 2.82. The van der Waals surface area contributed by atoms with Crippen molar-refractivity contribution in [3.63, 3.8) is 0 Å².